The second kappa shape index (κ2) is 11.8. The lowest BCUT2D eigenvalue weighted by molar-refractivity contribution is 0.992. The molecular weight excluding hydrogens is 705 g/mol. The highest BCUT2D eigenvalue weighted by molar-refractivity contribution is 6.27. The number of fused-ring (bicyclic) bond motifs is 17. The SMILES string of the molecule is c1ccc(-c2nc(-n3c4ccc(-c5ccc6c7ccccc7c7ccccc7c6c5)cc4c4c5ccccc5c5cc6ccccc6n5c43)nc3ccccc23)cc1. The van der Waals surface area contributed by atoms with E-state index in [1.807, 2.05) is 0 Å². The van der Waals surface area contributed by atoms with Crippen LogP contribution in [0.5, 0.6) is 0 Å². The van der Waals surface area contributed by atoms with E-state index < -0.39 is 0 Å². The Bertz CT molecular complexity index is 3820. The van der Waals surface area contributed by atoms with E-state index in [1.54, 1.807) is 0 Å². The van der Waals surface area contributed by atoms with Gasteiger partial charge in [-0.2, -0.15) is 0 Å². The second-order valence-electron chi connectivity index (χ2n) is 15.3. The minimum Gasteiger partial charge on any atom is -0.294 e. The quantitative estimate of drug-likeness (QED) is 0.169. The van der Waals surface area contributed by atoms with Crippen molar-refractivity contribution in [3.05, 3.63) is 194 Å². The third-order valence-corrected chi connectivity index (χ3v) is 12.3. The van der Waals surface area contributed by atoms with Crippen LogP contribution >= 0.6 is 0 Å². The van der Waals surface area contributed by atoms with E-state index in [0.717, 1.165) is 55.3 Å². The average molecular weight is 737 g/mol. The standard InChI is InChI=1S/C54H32N4/c1-2-14-33(15-3-1)52-44-23-11-12-24-47(44)55-54(56-52)58-49-29-27-35(34-26-28-41-39-19-6-5-17-37(39)38-18-7-8-20-40(38)45(41)30-34)31-46(49)51-43-22-10-9-21-42(43)50-32-36-16-4-13-25-48(36)57(50)53(51)58/h1-32H. The van der Waals surface area contributed by atoms with Gasteiger partial charge in [0.25, 0.3) is 0 Å². The lowest BCUT2D eigenvalue weighted by Gasteiger charge is -2.14. The van der Waals surface area contributed by atoms with Crippen LogP contribution in [0.25, 0.3) is 121 Å². The molecule has 0 aliphatic rings. The number of hydrogen-bond donors (Lipinski definition) is 0. The Kier molecular flexibility index (Phi) is 6.41. The second-order valence-corrected chi connectivity index (χ2v) is 15.3. The molecule has 9 aromatic carbocycles. The van der Waals surface area contributed by atoms with Gasteiger partial charge in [-0.1, -0.05) is 158 Å². The summed E-state index contributed by atoms with van der Waals surface area (Å²) in [4.78, 5) is 10.8. The maximum absolute atomic E-state index is 5.47. The summed E-state index contributed by atoms with van der Waals surface area (Å²) in [5, 5.41) is 14.6. The van der Waals surface area contributed by atoms with Crippen molar-refractivity contribution < 1.29 is 0 Å². The van der Waals surface area contributed by atoms with Crippen molar-refractivity contribution in [1.29, 1.82) is 0 Å². The van der Waals surface area contributed by atoms with E-state index in [4.69, 9.17) is 9.97 Å². The van der Waals surface area contributed by atoms with Crippen molar-refractivity contribution in [2.45, 2.75) is 0 Å². The van der Waals surface area contributed by atoms with Gasteiger partial charge in [-0.05, 0) is 85.2 Å². The molecule has 0 bridgehead atoms. The molecule has 4 nitrogen and oxygen atoms in total. The van der Waals surface area contributed by atoms with Crippen molar-refractivity contribution in [1.82, 2.24) is 18.9 Å². The highest BCUT2D eigenvalue weighted by atomic mass is 15.2. The molecule has 0 saturated heterocycles. The minimum atomic E-state index is 0.642. The molecule has 0 N–H and O–H groups in total. The van der Waals surface area contributed by atoms with Crippen LogP contribution in [-0.2, 0) is 0 Å². The van der Waals surface area contributed by atoms with Gasteiger partial charge < -0.3 is 0 Å². The van der Waals surface area contributed by atoms with Gasteiger partial charge in [-0.15, -0.1) is 0 Å². The van der Waals surface area contributed by atoms with Gasteiger partial charge in [0.2, 0.25) is 5.95 Å². The summed E-state index contributed by atoms with van der Waals surface area (Å²) in [6.45, 7) is 0. The molecule has 0 saturated carbocycles. The van der Waals surface area contributed by atoms with Crippen LogP contribution < -0.4 is 0 Å². The smallest absolute Gasteiger partial charge is 0.236 e. The van der Waals surface area contributed by atoms with E-state index >= 15 is 0 Å². The molecule has 0 spiro atoms. The van der Waals surface area contributed by atoms with Crippen molar-refractivity contribution in [3.8, 4) is 28.3 Å². The summed E-state index contributed by atoms with van der Waals surface area (Å²) in [7, 11) is 0. The number of benzene rings is 9. The highest BCUT2D eigenvalue weighted by Gasteiger charge is 2.24. The minimum absolute atomic E-state index is 0.642. The largest absolute Gasteiger partial charge is 0.294 e. The molecule has 58 heavy (non-hydrogen) atoms. The maximum atomic E-state index is 5.47. The number of aromatic nitrogens is 4. The van der Waals surface area contributed by atoms with Crippen molar-refractivity contribution in [2.24, 2.45) is 0 Å². The normalized spacial score (nSPS) is 12.1. The molecular formula is C54H32N4. The van der Waals surface area contributed by atoms with Gasteiger partial charge in [-0.3, -0.25) is 8.97 Å². The third kappa shape index (κ3) is 4.34. The van der Waals surface area contributed by atoms with Gasteiger partial charge in [0.05, 0.1) is 27.8 Å². The molecule has 268 valence electrons. The summed E-state index contributed by atoms with van der Waals surface area (Å²) in [6, 6.07) is 70.2. The predicted octanol–water partition coefficient (Wildman–Crippen LogP) is 14.1. The van der Waals surface area contributed by atoms with E-state index in [-0.39, 0.29) is 0 Å². The summed E-state index contributed by atoms with van der Waals surface area (Å²) < 4.78 is 4.74. The first-order chi connectivity index (χ1) is 28.8. The van der Waals surface area contributed by atoms with Gasteiger partial charge in [0, 0.05) is 32.5 Å². The van der Waals surface area contributed by atoms with Crippen LogP contribution in [0.3, 0.4) is 0 Å². The lowest BCUT2D eigenvalue weighted by Crippen LogP contribution is -2.06. The molecule has 0 amide bonds. The summed E-state index contributed by atoms with van der Waals surface area (Å²) in [5.74, 6) is 0.642. The van der Waals surface area contributed by atoms with E-state index in [0.29, 0.717) is 5.95 Å². The number of nitrogens with zero attached hydrogens (tertiary/aromatic N) is 4. The Morgan fingerprint density at radius 3 is 1.66 bits per heavy atom. The first kappa shape index (κ1) is 31.4. The monoisotopic (exact) mass is 736 g/mol. The predicted molar refractivity (Wildman–Crippen MR) is 243 cm³/mol. The molecule has 0 aliphatic carbocycles. The molecule has 0 atom stereocenters. The summed E-state index contributed by atoms with van der Waals surface area (Å²) in [6.07, 6.45) is 0. The molecule has 4 heteroatoms. The van der Waals surface area contributed by atoms with Crippen molar-refractivity contribution in [2.75, 3.05) is 0 Å². The molecule has 0 unspecified atom stereocenters. The molecule has 0 radical (unpaired) electrons. The fourth-order valence-electron chi connectivity index (χ4n) is 9.71. The molecule has 4 aromatic heterocycles. The Balaban J connectivity index is 1.18. The lowest BCUT2D eigenvalue weighted by atomic mass is 9.92. The van der Waals surface area contributed by atoms with Crippen molar-refractivity contribution >= 4 is 92.3 Å². The Hall–Kier alpha value is -7.82. The van der Waals surface area contributed by atoms with Gasteiger partial charge in [0.15, 0.2) is 0 Å². The van der Waals surface area contributed by atoms with Gasteiger partial charge >= 0.3 is 0 Å². The van der Waals surface area contributed by atoms with E-state index in [2.05, 4.69) is 203 Å². The van der Waals surface area contributed by atoms with E-state index in [1.165, 1.54) is 59.4 Å². The Labute approximate surface area is 332 Å². The van der Waals surface area contributed by atoms with E-state index in [9.17, 15) is 0 Å². The van der Waals surface area contributed by atoms with Gasteiger partial charge in [0.1, 0.15) is 5.65 Å². The highest BCUT2D eigenvalue weighted by Crippen LogP contribution is 2.43. The van der Waals surface area contributed by atoms with Gasteiger partial charge in [-0.25, -0.2) is 9.97 Å². The average Bonchev–Trinajstić information content (AvgIpc) is 3.85. The first-order valence-corrected chi connectivity index (χ1v) is 19.8. The number of rotatable bonds is 3. The Morgan fingerprint density at radius 2 is 0.897 bits per heavy atom. The van der Waals surface area contributed by atoms with Crippen LogP contribution in [-0.4, -0.2) is 18.9 Å². The molecule has 0 aliphatic heterocycles. The summed E-state index contributed by atoms with van der Waals surface area (Å²) >= 11 is 0. The molecule has 13 rings (SSSR count). The van der Waals surface area contributed by atoms with Crippen LogP contribution in [0.1, 0.15) is 0 Å². The topological polar surface area (TPSA) is 35.1 Å². The molecule has 0 fully saturated rings. The van der Waals surface area contributed by atoms with Crippen LogP contribution in [0.15, 0.2) is 194 Å². The number of pyridine rings is 1. The first-order valence-electron chi connectivity index (χ1n) is 19.8. The van der Waals surface area contributed by atoms with Crippen LogP contribution in [0.4, 0.5) is 0 Å². The van der Waals surface area contributed by atoms with Crippen LogP contribution in [0, 0.1) is 0 Å². The zero-order valence-electron chi connectivity index (χ0n) is 31.3. The van der Waals surface area contributed by atoms with Crippen molar-refractivity contribution in [3.63, 3.8) is 0 Å². The van der Waals surface area contributed by atoms with Crippen LogP contribution in [0.2, 0.25) is 0 Å². The Morgan fingerprint density at radius 1 is 0.328 bits per heavy atom. The zero-order valence-corrected chi connectivity index (χ0v) is 31.3. The fourth-order valence-corrected chi connectivity index (χ4v) is 9.71. The fraction of sp³-hybridized carbons (Fsp3) is 0. The third-order valence-electron chi connectivity index (χ3n) is 12.3. The maximum Gasteiger partial charge on any atom is 0.236 e. The number of hydrogen-bond acceptors (Lipinski definition) is 2. The zero-order chi connectivity index (χ0) is 37.9. The summed E-state index contributed by atoms with van der Waals surface area (Å²) in [5.41, 5.74) is 9.64. The molecule has 4 heterocycles. The molecule has 13 aromatic rings. The number of para-hydroxylation sites is 2.